The van der Waals surface area contributed by atoms with Gasteiger partial charge in [0.05, 0.1) is 25.6 Å². The lowest BCUT2D eigenvalue weighted by Crippen LogP contribution is -2.29. The first-order valence-corrected chi connectivity index (χ1v) is 11.2. The predicted octanol–water partition coefficient (Wildman–Crippen LogP) is 4.16. The van der Waals surface area contributed by atoms with Crippen LogP contribution in [0, 0.1) is 13.8 Å². The highest BCUT2D eigenvalue weighted by molar-refractivity contribution is 5.92. The third kappa shape index (κ3) is 5.11. The fourth-order valence-corrected chi connectivity index (χ4v) is 4.01. The van der Waals surface area contributed by atoms with Crippen LogP contribution in [-0.2, 0) is 11.8 Å². The zero-order valence-corrected chi connectivity index (χ0v) is 20.5. The van der Waals surface area contributed by atoms with E-state index in [1.807, 2.05) is 78.8 Å². The maximum absolute atomic E-state index is 13.1. The van der Waals surface area contributed by atoms with Gasteiger partial charge >= 0.3 is 0 Å². The molecule has 4 rings (SSSR count). The van der Waals surface area contributed by atoms with Crippen molar-refractivity contribution in [2.45, 2.75) is 19.9 Å². The summed E-state index contributed by atoms with van der Waals surface area (Å²) in [6, 6.07) is 14.9. The molecule has 8 nitrogen and oxygen atoms in total. The normalized spacial score (nSPS) is 12.0. The summed E-state index contributed by atoms with van der Waals surface area (Å²) in [4.78, 5) is 17.6. The minimum absolute atomic E-state index is 0.258. The lowest BCUT2D eigenvalue weighted by atomic mass is 10.0. The molecule has 1 unspecified atom stereocenters. The van der Waals surface area contributed by atoms with Crippen LogP contribution in [0.5, 0.6) is 11.5 Å². The molecular formula is C27H29N5O3. The molecule has 1 amide bonds. The van der Waals surface area contributed by atoms with E-state index in [2.05, 4.69) is 15.4 Å². The lowest BCUT2D eigenvalue weighted by Gasteiger charge is -2.20. The molecule has 0 fully saturated rings. The third-order valence-electron chi connectivity index (χ3n) is 5.86. The van der Waals surface area contributed by atoms with E-state index in [4.69, 9.17) is 9.47 Å². The van der Waals surface area contributed by atoms with Crippen molar-refractivity contribution in [2.24, 2.45) is 7.05 Å². The van der Waals surface area contributed by atoms with Gasteiger partial charge in [-0.1, -0.05) is 18.2 Å². The van der Waals surface area contributed by atoms with Gasteiger partial charge in [-0.3, -0.25) is 4.79 Å². The van der Waals surface area contributed by atoms with E-state index in [0.717, 1.165) is 28.2 Å². The van der Waals surface area contributed by atoms with Crippen LogP contribution in [0.15, 0.2) is 67.0 Å². The number of imidazole rings is 1. The second-order valence-corrected chi connectivity index (χ2v) is 8.15. The number of benzene rings is 2. The molecule has 0 saturated heterocycles. The highest BCUT2D eigenvalue weighted by atomic mass is 16.5. The van der Waals surface area contributed by atoms with Gasteiger partial charge in [-0.15, -0.1) is 0 Å². The molecule has 0 spiro atoms. The Bertz CT molecular complexity index is 1330. The molecule has 0 bridgehead atoms. The minimum atomic E-state index is -0.509. The lowest BCUT2D eigenvalue weighted by molar-refractivity contribution is -0.117. The fraction of sp³-hybridized carbons (Fsp3) is 0.222. The van der Waals surface area contributed by atoms with Gasteiger partial charge in [-0.2, -0.15) is 5.10 Å². The van der Waals surface area contributed by atoms with E-state index >= 15 is 0 Å². The van der Waals surface area contributed by atoms with Crippen molar-refractivity contribution in [3.05, 3.63) is 95.3 Å². The van der Waals surface area contributed by atoms with Gasteiger partial charge < -0.3 is 19.4 Å². The Labute approximate surface area is 204 Å². The van der Waals surface area contributed by atoms with Gasteiger partial charge in [-0.25, -0.2) is 9.67 Å². The summed E-state index contributed by atoms with van der Waals surface area (Å²) in [5.74, 6) is 1.68. The van der Waals surface area contributed by atoms with Crippen LogP contribution in [0.4, 0.5) is 0 Å². The van der Waals surface area contributed by atoms with Gasteiger partial charge in [0.25, 0.3) is 0 Å². The first-order chi connectivity index (χ1) is 16.9. The highest BCUT2D eigenvalue weighted by Crippen LogP contribution is 2.29. The van der Waals surface area contributed by atoms with E-state index in [1.165, 1.54) is 6.08 Å². The molecule has 0 radical (unpaired) electrons. The van der Waals surface area contributed by atoms with Crippen LogP contribution >= 0.6 is 0 Å². The topological polar surface area (TPSA) is 83.2 Å². The summed E-state index contributed by atoms with van der Waals surface area (Å²) in [6.45, 7) is 3.92. The first-order valence-electron chi connectivity index (χ1n) is 11.2. The Hall–Kier alpha value is -4.33. The Kier molecular flexibility index (Phi) is 7.01. The van der Waals surface area contributed by atoms with E-state index in [0.29, 0.717) is 17.3 Å². The summed E-state index contributed by atoms with van der Waals surface area (Å²) in [6.07, 6.45) is 6.87. The SMILES string of the molecule is COc1cc(OC)cc(C(NC(=O)/C=C/c2c(C)nn(-c3ccccc3)c2C)c2nccn2C)c1. The van der Waals surface area contributed by atoms with Crippen LogP contribution < -0.4 is 14.8 Å². The van der Waals surface area contributed by atoms with Gasteiger partial charge in [0.1, 0.15) is 23.4 Å². The number of carbonyl (C=O) groups is 1. The number of aromatic nitrogens is 4. The van der Waals surface area contributed by atoms with Crippen LogP contribution in [0.1, 0.15) is 34.4 Å². The van der Waals surface area contributed by atoms with Crippen LogP contribution in [0.3, 0.4) is 0 Å². The van der Waals surface area contributed by atoms with Crippen LogP contribution in [0.2, 0.25) is 0 Å². The molecule has 1 atom stereocenters. The van der Waals surface area contributed by atoms with E-state index in [-0.39, 0.29) is 5.91 Å². The summed E-state index contributed by atoms with van der Waals surface area (Å²) in [5, 5.41) is 7.73. The molecule has 0 aliphatic carbocycles. The highest BCUT2D eigenvalue weighted by Gasteiger charge is 2.22. The number of nitrogens with one attached hydrogen (secondary N) is 1. The van der Waals surface area contributed by atoms with Gasteiger partial charge in [0.15, 0.2) is 0 Å². The molecule has 1 N–H and O–H groups in total. The van der Waals surface area contributed by atoms with E-state index < -0.39 is 6.04 Å². The Balaban J connectivity index is 1.63. The second-order valence-electron chi connectivity index (χ2n) is 8.15. The zero-order valence-electron chi connectivity index (χ0n) is 20.5. The molecule has 4 aromatic rings. The molecule has 0 saturated carbocycles. The maximum atomic E-state index is 13.1. The standard InChI is InChI=1S/C27H29N5O3/c1-18-24(19(2)32(30-18)21-9-7-6-8-10-21)11-12-25(33)29-26(27-28-13-14-31(27)3)20-15-22(34-4)17-23(16-20)35-5/h6-17,26H,1-5H3,(H,29,33)/b12-11+. The van der Waals surface area contributed by atoms with Crippen molar-refractivity contribution in [3.8, 4) is 17.2 Å². The number of hydrogen-bond acceptors (Lipinski definition) is 5. The number of nitrogens with zero attached hydrogens (tertiary/aromatic N) is 4. The van der Waals surface area contributed by atoms with Crippen molar-refractivity contribution in [3.63, 3.8) is 0 Å². The number of hydrogen-bond donors (Lipinski definition) is 1. The van der Waals surface area contributed by atoms with Gasteiger partial charge in [0.2, 0.25) is 5.91 Å². The first kappa shape index (κ1) is 23.8. The van der Waals surface area contributed by atoms with Crippen molar-refractivity contribution >= 4 is 12.0 Å². The Morgan fingerprint density at radius 1 is 1.06 bits per heavy atom. The van der Waals surface area contributed by atoms with Crippen molar-refractivity contribution in [1.82, 2.24) is 24.6 Å². The van der Waals surface area contributed by atoms with Crippen molar-refractivity contribution in [1.29, 1.82) is 0 Å². The second kappa shape index (κ2) is 10.3. The molecule has 2 aromatic heterocycles. The number of aryl methyl sites for hydroxylation is 2. The average molecular weight is 472 g/mol. The smallest absolute Gasteiger partial charge is 0.244 e. The molecule has 35 heavy (non-hydrogen) atoms. The minimum Gasteiger partial charge on any atom is -0.497 e. The molecule has 8 heteroatoms. The van der Waals surface area contributed by atoms with Crippen LogP contribution in [-0.4, -0.2) is 39.5 Å². The summed E-state index contributed by atoms with van der Waals surface area (Å²) >= 11 is 0. The average Bonchev–Trinajstić information content (AvgIpc) is 3.43. The third-order valence-corrected chi connectivity index (χ3v) is 5.86. The number of methoxy groups -OCH3 is 2. The fourth-order valence-electron chi connectivity index (χ4n) is 4.01. The largest absolute Gasteiger partial charge is 0.497 e. The molecular weight excluding hydrogens is 442 g/mol. The number of carbonyl (C=O) groups excluding carboxylic acids is 1. The number of para-hydroxylation sites is 1. The monoisotopic (exact) mass is 471 g/mol. The Morgan fingerprint density at radius 2 is 1.74 bits per heavy atom. The maximum Gasteiger partial charge on any atom is 0.244 e. The molecule has 0 aliphatic heterocycles. The number of amides is 1. The van der Waals surface area contributed by atoms with Gasteiger partial charge in [0, 0.05) is 42.8 Å². The van der Waals surface area contributed by atoms with Crippen molar-refractivity contribution in [2.75, 3.05) is 14.2 Å². The Morgan fingerprint density at radius 3 is 2.34 bits per heavy atom. The zero-order chi connectivity index (χ0) is 24.9. The summed E-state index contributed by atoms with van der Waals surface area (Å²) in [7, 11) is 5.07. The quantitative estimate of drug-likeness (QED) is 0.390. The summed E-state index contributed by atoms with van der Waals surface area (Å²) < 4.78 is 14.6. The van der Waals surface area contributed by atoms with E-state index in [9.17, 15) is 4.79 Å². The molecule has 0 aliphatic rings. The van der Waals surface area contributed by atoms with Crippen molar-refractivity contribution < 1.29 is 14.3 Å². The predicted molar refractivity (Wildman–Crippen MR) is 135 cm³/mol. The molecule has 2 aromatic carbocycles. The summed E-state index contributed by atoms with van der Waals surface area (Å²) in [5.41, 5.74) is 4.46. The van der Waals surface area contributed by atoms with E-state index in [1.54, 1.807) is 32.6 Å². The number of ether oxygens (including phenoxy) is 2. The van der Waals surface area contributed by atoms with Crippen LogP contribution in [0.25, 0.3) is 11.8 Å². The molecule has 2 heterocycles. The van der Waals surface area contributed by atoms with Gasteiger partial charge in [-0.05, 0) is 49.8 Å². The number of rotatable bonds is 8. The molecule has 180 valence electrons.